The summed E-state index contributed by atoms with van der Waals surface area (Å²) in [5, 5.41) is 3.92. The van der Waals surface area contributed by atoms with E-state index >= 15 is 0 Å². The number of sulfonamides is 1. The number of benzene rings is 2. The molecule has 0 unspecified atom stereocenters. The van der Waals surface area contributed by atoms with Gasteiger partial charge in [-0.25, -0.2) is 12.7 Å². The first-order chi connectivity index (χ1) is 14.3. The zero-order chi connectivity index (χ0) is 21.7. The molecule has 0 saturated carbocycles. The minimum atomic E-state index is -3.57. The first-order valence-corrected chi connectivity index (χ1v) is 11.3. The van der Waals surface area contributed by atoms with Crippen molar-refractivity contribution in [3.63, 3.8) is 0 Å². The number of hydrogen-bond donors (Lipinski definition) is 0. The molecule has 160 valence electrons. The molecule has 0 amide bonds. The van der Waals surface area contributed by atoms with Crippen LogP contribution in [0.25, 0.3) is 0 Å². The van der Waals surface area contributed by atoms with Crippen LogP contribution in [-0.2, 0) is 23.1 Å². The highest BCUT2D eigenvalue weighted by Gasteiger charge is 2.21. The third-order valence-electron chi connectivity index (χ3n) is 4.77. The van der Waals surface area contributed by atoms with Crippen LogP contribution in [0.1, 0.15) is 42.6 Å². The fourth-order valence-corrected chi connectivity index (χ4v) is 4.05. The van der Waals surface area contributed by atoms with Crippen LogP contribution in [0.15, 0.2) is 57.9 Å². The second kappa shape index (κ2) is 9.40. The smallest absolute Gasteiger partial charge is 0.264 e. The largest absolute Gasteiger partial charge is 0.484 e. The predicted octanol–water partition coefficient (Wildman–Crippen LogP) is 3.94. The van der Waals surface area contributed by atoms with Gasteiger partial charge in [0, 0.05) is 20.0 Å². The summed E-state index contributed by atoms with van der Waals surface area (Å²) in [5.74, 6) is 1.86. The van der Waals surface area contributed by atoms with Gasteiger partial charge in [0.05, 0.1) is 4.90 Å². The molecule has 3 rings (SSSR count). The van der Waals surface area contributed by atoms with Gasteiger partial charge in [-0.2, -0.15) is 4.98 Å². The number of ether oxygens (including phenoxy) is 1. The maximum Gasteiger partial charge on any atom is 0.264 e. The Morgan fingerprint density at radius 2 is 1.87 bits per heavy atom. The Bertz CT molecular complexity index is 1080. The van der Waals surface area contributed by atoms with Gasteiger partial charge in [0.15, 0.2) is 12.4 Å². The molecule has 0 saturated heterocycles. The molecule has 0 radical (unpaired) electrons. The van der Waals surface area contributed by atoms with Crippen molar-refractivity contribution in [2.24, 2.45) is 0 Å². The molecule has 1 aromatic heterocycles. The van der Waals surface area contributed by atoms with Gasteiger partial charge in [-0.1, -0.05) is 43.3 Å². The van der Waals surface area contributed by atoms with Crippen LogP contribution < -0.4 is 4.74 Å². The van der Waals surface area contributed by atoms with Crippen molar-refractivity contribution in [2.75, 3.05) is 13.6 Å². The zero-order valence-corrected chi connectivity index (χ0v) is 18.5. The van der Waals surface area contributed by atoms with Gasteiger partial charge >= 0.3 is 0 Å². The topological polar surface area (TPSA) is 85.5 Å². The van der Waals surface area contributed by atoms with Gasteiger partial charge in [-0.05, 0) is 48.2 Å². The van der Waals surface area contributed by atoms with Gasteiger partial charge in [-0.15, -0.1) is 0 Å². The van der Waals surface area contributed by atoms with Crippen molar-refractivity contribution in [1.82, 2.24) is 14.4 Å². The van der Waals surface area contributed by atoms with Crippen molar-refractivity contribution in [1.29, 1.82) is 0 Å². The minimum absolute atomic E-state index is 0.160. The highest BCUT2D eigenvalue weighted by Crippen LogP contribution is 2.20. The molecule has 7 nitrogen and oxygen atoms in total. The molecule has 30 heavy (non-hydrogen) atoms. The zero-order valence-electron chi connectivity index (χ0n) is 17.7. The fraction of sp³-hybridized carbons (Fsp3) is 0.364. The lowest BCUT2D eigenvalue weighted by Crippen LogP contribution is -2.29. The molecule has 0 bridgehead atoms. The average molecular weight is 430 g/mol. The second-order valence-electron chi connectivity index (χ2n) is 7.51. The van der Waals surface area contributed by atoms with E-state index < -0.39 is 10.0 Å². The van der Waals surface area contributed by atoms with Crippen molar-refractivity contribution in [3.8, 4) is 5.75 Å². The minimum Gasteiger partial charge on any atom is -0.484 e. The Balaban J connectivity index is 1.56. The molecular weight excluding hydrogens is 402 g/mol. The Labute approximate surface area is 177 Å². The summed E-state index contributed by atoms with van der Waals surface area (Å²) in [6.45, 7) is 6.53. The van der Waals surface area contributed by atoms with Gasteiger partial charge in [-0.3, -0.25) is 0 Å². The average Bonchev–Trinajstić information content (AvgIpc) is 3.18. The molecule has 0 aliphatic rings. The maximum atomic E-state index is 12.8. The Morgan fingerprint density at radius 1 is 1.13 bits per heavy atom. The molecule has 0 atom stereocenters. The van der Waals surface area contributed by atoms with E-state index in [0.717, 1.165) is 16.9 Å². The van der Waals surface area contributed by atoms with Crippen LogP contribution in [0.2, 0.25) is 0 Å². The summed E-state index contributed by atoms with van der Waals surface area (Å²) in [5.41, 5.74) is 2.20. The van der Waals surface area contributed by atoms with Gasteiger partial charge in [0.1, 0.15) is 5.75 Å². The standard InChI is InChI=1S/C22H27N3O4S/c1-16(2)18-8-10-20(11-9-18)30(26,27)25(4)13-12-21-23-22(29-24-21)15-28-19-7-5-6-17(3)14-19/h5-11,14,16H,12-13,15H2,1-4H3. The predicted molar refractivity (Wildman–Crippen MR) is 114 cm³/mol. The molecule has 0 fully saturated rings. The molecule has 0 spiro atoms. The van der Waals surface area contributed by atoms with Crippen molar-refractivity contribution >= 4 is 10.0 Å². The van der Waals surface area contributed by atoms with E-state index in [0.29, 0.717) is 24.1 Å². The number of hydrogen-bond acceptors (Lipinski definition) is 6. The molecule has 1 heterocycles. The van der Waals surface area contributed by atoms with E-state index in [9.17, 15) is 8.42 Å². The molecule has 8 heteroatoms. The fourth-order valence-electron chi connectivity index (χ4n) is 2.88. The molecule has 0 aliphatic carbocycles. The second-order valence-corrected chi connectivity index (χ2v) is 9.55. The van der Waals surface area contributed by atoms with Gasteiger partial charge < -0.3 is 9.26 Å². The third-order valence-corrected chi connectivity index (χ3v) is 6.64. The maximum absolute atomic E-state index is 12.8. The summed E-state index contributed by atoms with van der Waals surface area (Å²) in [6, 6.07) is 14.7. The summed E-state index contributed by atoms with van der Waals surface area (Å²) in [6.07, 6.45) is 0.341. The van der Waals surface area contributed by atoms with E-state index in [-0.39, 0.29) is 18.0 Å². The number of likely N-dealkylation sites (N-methyl/N-ethyl adjacent to an activating group) is 1. The number of rotatable bonds is 9. The van der Waals surface area contributed by atoms with Crippen molar-refractivity contribution in [3.05, 3.63) is 71.4 Å². The van der Waals surface area contributed by atoms with Crippen LogP contribution in [0, 0.1) is 6.92 Å². The summed E-state index contributed by atoms with van der Waals surface area (Å²) >= 11 is 0. The first-order valence-electron chi connectivity index (χ1n) is 9.83. The van der Waals surface area contributed by atoms with Gasteiger partial charge in [0.2, 0.25) is 10.0 Å². The third kappa shape index (κ3) is 5.46. The number of nitrogens with zero attached hydrogens (tertiary/aromatic N) is 3. The van der Waals surface area contributed by atoms with Crippen LogP contribution in [0.4, 0.5) is 0 Å². The van der Waals surface area contributed by atoms with E-state index in [1.54, 1.807) is 19.2 Å². The van der Waals surface area contributed by atoms with E-state index in [4.69, 9.17) is 9.26 Å². The van der Waals surface area contributed by atoms with Crippen LogP contribution in [0.5, 0.6) is 5.75 Å². The van der Waals surface area contributed by atoms with E-state index in [1.807, 2.05) is 43.3 Å². The lowest BCUT2D eigenvalue weighted by Gasteiger charge is -2.17. The number of aromatic nitrogens is 2. The molecule has 3 aromatic rings. The Kier molecular flexibility index (Phi) is 6.89. The monoisotopic (exact) mass is 429 g/mol. The summed E-state index contributed by atoms with van der Waals surface area (Å²) < 4.78 is 37.7. The molecule has 0 N–H and O–H groups in total. The van der Waals surface area contributed by atoms with E-state index in [2.05, 4.69) is 24.0 Å². The SMILES string of the molecule is Cc1cccc(OCc2nc(CCN(C)S(=O)(=O)c3ccc(C(C)C)cc3)no2)c1. The lowest BCUT2D eigenvalue weighted by atomic mass is 10.0. The Hall–Kier alpha value is -2.71. The molecular formula is C22H27N3O4S. The quantitative estimate of drug-likeness (QED) is 0.512. The van der Waals surface area contributed by atoms with Crippen LogP contribution in [0.3, 0.4) is 0 Å². The molecule has 2 aromatic carbocycles. The van der Waals surface area contributed by atoms with E-state index in [1.165, 1.54) is 4.31 Å². The Morgan fingerprint density at radius 3 is 2.53 bits per heavy atom. The lowest BCUT2D eigenvalue weighted by molar-refractivity contribution is 0.242. The highest BCUT2D eigenvalue weighted by atomic mass is 32.2. The summed E-state index contributed by atoms with van der Waals surface area (Å²) in [7, 11) is -2.02. The molecule has 0 aliphatic heterocycles. The number of aryl methyl sites for hydroxylation is 1. The summed E-state index contributed by atoms with van der Waals surface area (Å²) in [4.78, 5) is 4.55. The van der Waals surface area contributed by atoms with Crippen LogP contribution >= 0.6 is 0 Å². The van der Waals surface area contributed by atoms with Gasteiger partial charge in [0.25, 0.3) is 5.89 Å². The van der Waals surface area contributed by atoms with Crippen molar-refractivity contribution < 1.29 is 17.7 Å². The highest BCUT2D eigenvalue weighted by molar-refractivity contribution is 7.89. The normalized spacial score (nSPS) is 11.9. The van der Waals surface area contributed by atoms with Crippen LogP contribution in [-0.4, -0.2) is 36.5 Å². The first kappa shape index (κ1) is 22.0. The van der Waals surface area contributed by atoms with Crippen molar-refractivity contribution in [2.45, 2.75) is 44.6 Å².